The molecule has 0 spiro atoms. The lowest BCUT2D eigenvalue weighted by Gasteiger charge is -2.09. The molecule has 8 aromatic rings. The van der Waals surface area contributed by atoms with Crippen LogP contribution >= 0.6 is 11.3 Å². The van der Waals surface area contributed by atoms with Gasteiger partial charge in [-0.3, -0.25) is 0 Å². The van der Waals surface area contributed by atoms with E-state index in [1.807, 2.05) is 12.1 Å². The summed E-state index contributed by atoms with van der Waals surface area (Å²) in [7, 11) is 0. The standard InChI is InChI=1S/C40H26N2S/c1-4-10-27(11-5-1)30-16-20-32(21-17-30)37-39-38(35-25-24-34(26-36(35)43-39)29-14-8-3-9-15-29)42-40(41-37)33-22-18-31(19-23-33)28-12-6-2-7-13-28/h1-26H. The van der Waals surface area contributed by atoms with Crippen molar-refractivity contribution in [2.75, 3.05) is 0 Å². The summed E-state index contributed by atoms with van der Waals surface area (Å²) >= 11 is 1.77. The molecule has 0 aliphatic carbocycles. The summed E-state index contributed by atoms with van der Waals surface area (Å²) in [6.45, 7) is 0. The predicted octanol–water partition coefficient (Wildman–Crippen LogP) is 11.2. The van der Waals surface area contributed by atoms with E-state index in [1.165, 1.54) is 38.1 Å². The van der Waals surface area contributed by atoms with Crippen molar-refractivity contribution in [3.8, 4) is 56.0 Å². The number of nitrogens with zero attached hydrogens (tertiary/aromatic N) is 2. The van der Waals surface area contributed by atoms with Crippen molar-refractivity contribution in [3.63, 3.8) is 0 Å². The number of hydrogen-bond donors (Lipinski definition) is 0. The van der Waals surface area contributed by atoms with Gasteiger partial charge in [0.05, 0.1) is 15.9 Å². The van der Waals surface area contributed by atoms with E-state index < -0.39 is 0 Å². The molecule has 0 radical (unpaired) electrons. The Bertz CT molecular complexity index is 2180. The van der Waals surface area contributed by atoms with Gasteiger partial charge in [0.1, 0.15) is 0 Å². The number of thiophene rings is 1. The fourth-order valence-corrected chi connectivity index (χ4v) is 6.86. The number of fused-ring (bicyclic) bond motifs is 3. The molecule has 0 saturated heterocycles. The number of aromatic nitrogens is 2. The Morgan fingerprint density at radius 1 is 0.372 bits per heavy atom. The van der Waals surface area contributed by atoms with Crippen LogP contribution in [-0.4, -0.2) is 9.97 Å². The van der Waals surface area contributed by atoms with Gasteiger partial charge in [0.15, 0.2) is 5.82 Å². The van der Waals surface area contributed by atoms with Crippen LogP contribution in [0.5, 0.6) is 0 Å². The highest BCUT2D eigenvalue weighted by Gasteiger charge is 2.17. The molecule has 0 N–H and O–H groups in total. The fraction of sp³-hybridized carbons (Fsp3) is 0. The number of rotatable bonds is 5. The normalized spacial score (nSPS) is 11.3. The summed E-state index contributed by atoms with van der Waals surface area (Å²) in [5, 5.41) is 1.16. The van der Waals surface area contributed by atoms with E-state index in [1.54, 1.807) is 11.3 Å². The third-order valence-corrected chi connectivity index (χ3v) is 9.09. The second-order valence-electron chi connectivity index (χ2n) is 10.6. The zero-order valence-electron chi connectivity index (χ0n) is 23.3. The molecule has 2 heterocycles. The van der Waals surface area contributed by atoms with Gasteiger partial charge < -0.3 is 0 Å². The molecule has 2 nitrogen and oxygen atoms in total. The summed E-state index contributed by atoms with van der Waals surface area (Å²) in [5.41, 5.74) is 11.2. The first-order valence-electron chi connectivity index (χ1n) is 14.4. The van der Waals surface area contributed by atoms with E-state index in [4.69, 9.17) is 9.97 Å². The highest BCUT2D eigenvalue weighted by atomic mass is 32.1. The molecule has 0 fully saturated rings. The summed E-state index contributed by atoms with van der Waals surface area (Å²) in [6.07, 6.45) is 0. The number of benzene rings is 6. The van der Waals surface area contributed by atoms with Crippen molar-refractivity contribution in [2.24, 2.45) is 0 Å². The van der Waals surface area contributed by atoms with E-state index in [0.717, 1.165) is 38.2 Å². The van der Waals surface area contributed by atoms with Crippen molar-refractivity contribution in [1.29, 1.82) is 0 Å². The summed E-state index contributed by atoms with van der Waals surface area (Å²) in [4.78, 5) is 10.4. The highest BCUT2D eigenvalue weighted by molar-refractivity contribution is 7.26. The first-order valence-corrected chi connectivity index (χ1v) is 15.2. The first kappa shape index (κ1) is 25.3. The molecular weight excluding hydrogens is 541 g/mol. The Balaban J connectivity index is 1.29. The van der Waals surface area contributed by atoms with Crippen LogP contribution in [0.25, 0.3) is 76.3 Å². The molecule has 0 aliphatic heterocycles. The minimum absolute atomic E-state index is 0.737. The second-order valence-corrected chi connectivity index (χ2v) is 11.7. The van der Waals surface area contributed by atoms with E-state index in [-0.39, 0.29) is 0 Å². The Morgan fingerprint density at radius 3 is 1.37 bits per heavy atom. The van der Waals surface area contributed by atoms with Crippen LogP contribution < -0.4 is 0 Å². The maximum Gasteiger partial charge on any atom is 0.160 e. The minimum Gasteiger partial charge on any atom is -0.226 e. The highest BCUT2D eigenvalue weighted by Crippen LogP contribution is 2.41. The second kappa shape index (κ2) is 10.8. The number of hydrogen-bond acceptors (Lipinski definition) is 3. The molecule has 0 saturated carbocycles. The molecule has 0 unspecified atom stereocenters. The molecule has 0 atom stereocenters. The van der Waals surface area contributed by atoms with Gasteiger partial charge >= 0.3 is 0 Å². The van der Waals surface area contributed by atoms with Gasteiger partial charge in [-0.2, -0.15) is 0 Å². The van der Waals surface area contributed by atoms with Gasteiger partial charge in [-0.1, -0.05) is 152 Å². The largest absolute Gasteiger partial charge is 0.226 e. The monoisotopic (exact) mass is 566 g/mol. The zero-order chi connectivity index (χ0) is 28.6. The van der Waals surface area contributed by atoms with Crippen LogP contribution in [0, 0.1) is 0 Å². The van der Waals surface area contributed by atoms with E-state index in [9.17, 15) is 0 Å². The summed E-state index contributed by atoms with van der Waals surface area (Å²) in [5.74, 6) is 0.737. The van der Waals surface area contributed by atoms with E-state index in [0.29, 0.717) is 0 Å². The maximum absolute atomic E-state index is 5.22. The van der Waals surface area contributed by atoms with Crippen LogP contribution in [0.3, 0.4) is 0 Å². The molecule has 43 heavy (non-hydrogen) atoms. The van der Waals surface area contributed by atoms with E-state index in [2.05, 4.69) is 146 Å². The smallest absolute Gasteiger partial charge is 0.160 e. The molecule has 8 rings (SSSR count). The molecular formula is C40H26N2S. The van der Waals surface area contributed by atoms with Crippen molar-refractivity contribution in [3.05, 3.63) is 158 Å². The first-order chi connectivity index (χ1) is 21.3. The zero-order valence-corrected chi connectivity index (χ0v) is 24.1. The Hall–Kier alpha value is -5.38. The van der Waals surface area contributed by atoms with Crippen molar-refractivity contribution < 1.29 is 0 Å². The minimum atomic E-state index is 0.737. The lowest BCUT2D eigenvalue weighted by molar-refractivity contribution is 1.24. The molecule has 202 valence electrons. The average molecular weight is 567 g/mol. The van der Waals surface area contributed by atoms with Crippen LogP contribution in [-0.2, 0) is 0 Å². The quantitative estimate of drug-likeness (QED) is 0.207. The molecule has 0 bridgehead atoms. The van der Waals surface area contributed by atoms with Gasteiger partial charge in [0.2, 0.25) is 0 Å². The fourth-order valence-electron chi connectivity index (χ4n) is 5.67. The Labute approximate surface area is 254 Å². The maximum atomic E-state index is 5.22. The van der Waals surface area contributed by atoms with Gasteiger partial charge in [0.25, 0.3) is 0 Å². The predicted molar refractivity (Wildman–Crippen MR) is 182 cm³/mol. The van der Waals surface area contributed by atoms with Gasteiger partial charge in [-0.05, 0) is 39.4 Å². The van der Waals surface area contributed by atoms with Crippen molar-refractivity contribution in [1.82, 2.24) is 9.97 Å². The third kappa shape index (κ3) is 4.80. The topological polar surface area (TPSA) is 25.8 Å². The Kier molecular flexibility index (Phi) is 6.36. The van der Waals surface area contributed by atoms with Gasteiger partial charge in [0, 0.05) is 21.2 Å². The lowest BCUT2D eigenvalue weighted by Crippen LogP contribution is -1.94. The lowest BCUT2D eigenvalue weighted by atomic mass is 10.0. The van der Waals surface area contributed by atoms with Crippen LogP contribution in [0.4, 0.5) is 0 Å². The molecule has 6 aromatic carbocycles. The van der Waals surface area contributed by atoms with Crippen LogP contribution in [0.1, 0.15) is 0 Å². The Morgan fingerprint density at radius 2 is 0.814 bits per heavy atom. The van der Waals surface area contributed by atoms with Gasteiger partial charge in [-0.25, -0.2) is 9.97 Å². The van der Waals surface area contributed by atoms with E-state index >= 15 is 0 Å². The molecule has 0 amide bonds. The van der Waals surface area contributed by atoms with Crippen molar-refractivity contribution in [2.45, 2.75) is 0 Å². The average Bonchev–Trinajstić information content (AvgIpc) is 3.47. The molecule has 2 aromatic heterocycles. The third-order valence-electron chi connectivity index (χ3n) is 7.94. The van der Waals surface area contributed by atoms with Crippen molar-refractivity contribution >= 4 is 31.6 Å². The van der Waals surface area contributed by atoms with Crippen LogP contribution in [0.2, 0.25) is 0 Å². The molecule has 0 aliphatic rings. The summed E-state index contributed by atoms with van der Waals surface area (Å²) in [6, 6.07) is 55.5. The molecule has 3 heteroatoms. The SMILES string of the molecule is c1ccc(-c2ccc(-c3nc(-c4ccc(-c5ccccc5)cc4)c4sc5cc(-c6ccccc6)ccc5c4n3)cc2)cc1. The summed E-state index contributed by atoms with van der Waals surface area (Å²) < 4.78 is 2.32. The van der Waals surface area contributed by atoms with Gasteiger partial charge in [-0.15, -0.1) is 11.3 Å². The van der Waals surface area contributed by atoms with Crippen LogP contribution in [0.15, 0.2) is 158 Å².